The number of aromatic nitrogens is 1. The predicted molar refractivity (Wildman–Crippen MR) is 134 cm³/mol. The van der Waals surface area contributed by atoms with Crippen LogP contribution >= 0.6 is 0 Å². The lowest BCUT2D eigenvalue weighted by Gasteiger charge is -2.34. The summed E-state index contributed by atoms with van der Waals surface area (Å²) in [5, 5.41) is 0. The van der Waals surface area contributed by atoms with E-state index in [1.54, 1.807) is 13.3 Å². The lowest BCUT2D eigenvalue weighted by Crippen LogP contribution is -2.39. The van der Waals surface area contributed by atoms with Crippen LogP contribution in [0.25, 0.3) is 0 Å². The molecule has 0 saturated carbocycles. The summed E-state index contributed by atoms with van der Waals surface area (Å²) in [6.07, 6.45) is 4.93. The monoisotopic (exact) mass is 484 g/mol. The quantitative estimate of drug-likeness (QED) is 0.332. The first kappa shape index (κ1) is 26.4. The van der Waals surface area contributed by atoms with Crippen molar-refractivity contribution in [1.82, 2.24) is 4.98 Å². The Morgan fingerprint density at radius 3 is 2.62 bits per heavy atom. The molecule has 185 valence electrons. The smallest absolute Gasteiger partial charge is 0.310 e. The molecule has 0 N–H and O–H groups in total. The van der Waals surface area contributed by atoms with E-state index in [-0.39, 0.29) is 35.9 Å². The van der Waals surface area contributed by atoms with E-state index in [1.807, 2.05) is 42.6 Å². The first-order valence-electron chi connectivity index (χ1n) is 12.0. The van der Waals surface area contributed by atoms with Crippen LogP contribution in [0.2, 0.25) is 13.1 Å². The van der Waals surface area contributed by atoms with E-state index in [0.29, 0.717) is 12.4 Å². The highest BCUT2D eigenvalue weighted by molar-refractivity contribution is 6.48. The third-order valence-electron chi connectivity index (χ3n) is 6.04. The Morgan fingerprint density at radius 1 is 1.21 bits per heavy atom. The van der Waals surface area contributed by atoms with Crippen LogP contribution in [-0.2, 0) is 25.1 Å². The third kappa shape index (κ3) is 7.39. The Bertz CT molecular complexity index is 915. The third-order valence-corrected chi connectivity index (χ3v) is 6.81. The Hall–Kier alpha value is -2.22. The predicted octanol–water partition coefficient (Wildman–Crippen LogP) is 5.39. The molecule has 4 atom stereocenters. The van der Waals surface area contributed by atoms with Gasteiger partial charge in [-0.25, -0.2) is 0 Å². The van der Waals surface area contributed by atoms with Gasteiger partial charge in [-0.05, 0) is 49.0 Å². The van der Waals surface area contributed by atoms with Crippen LogP contribution in [0.15, 0.2) is 48.8 Å². The van der Waals surface area contributed by atoms with Gasteiger partial charge in [-0.3, -0.25) is 9.78 Å². The number of ether oxygens (including phenoxy) is 3. The van der Waals surface area contributed by atoms with Crippen molar-refractivity contribution in [2.24, 2.45) is 11.3 Å². The minimum absolute atomic E-state index is 0.0696. The maximum Gasteiger partial charge on any atom is 0.310 e. The average Bonchev–Trinajstić information content (AvgIpc) is 3.20. The molecule has 1 aromatic heterocycles. The van der Waals surface area contributed by atoms with Gasteiger partial charge in [0.1, 0.15) is 11.9 Å². The van der Waals surface area contributed by atoms with Crippen molar-refractivity contribution in [3.63, 3.8) is 0 Å². The maximum atomic E-state index is 13.0. The molecule has 34 heavy (non-hydrogen) atoms. The van der Waals surface area contributed by atoms with Crippen LogP contribution < -0.4 is 4.74 Å². The average molecular weight is 485 g/mol. The van der Waals surface area contributed by atoms with Crippen LogP contribution in [0.4, 0.5) is 0 Å². The number of carbonyl (C=O) groups is 1. The summed E-state index contributed by atoms with van der Waals surface area (Å²) in [7, 11) is 0.629. The summed E-state index contributed by atoms with van der Waals surface area (Å²) < 4.78 is 24.2. The Balaban J connectivity index is 1.84. The molecule has 7 heteroatoms. The normalized spacial score (nSPS) is 21.4. The molecule has 2 heterocycles. The number of pyridine rings is 1. The first-order valence-corrected chi connectivity index (χ1v) is 14.4. The topological polar surface area (TPSA) is 66.9 Å². The van der Waals surface area contributed by atoms with E-state index in [9.17, 15) is 4.79 Å². The van der Waals surface area contributed by atoms with Crippen molar-refractivity contribution < 1.29 is 23.4 Å². The highest BCUT2D eigenvalue weighted by atomic mass is 28.3. The van der Waals surface area contributed by atoms with Gasteiger partial charge in [-0.1, -0.05) is 45.0 Å². The minimum Gasteiger partial charge on any atom is -0.496 e. The van der Waals surface area contributed by atoms with Crippen molar-refractivity contribution >= 4 is 15.0 Å². The van der Waals surface area contributed by atoms with Crippen LogP contribution in [0.1, 0.15) is 50.8 Å². The van der Waals surface area contributed by atoms with Gasteiger partial charge in [0, 0.05) is 18.0 Å². The molecule has 3 rings (SSSR count). The molecule has 1 fully saturated rings. The van der Waals surface area contributed by atoms with Crippen molar-refractivity contribution in [3.8, 4) is 5.75 Å². The standard InChI is InChI=1S/C27H38NO5Si/c1-27(2,3)14-13-22(33-34(5)6)25-23(18-31-26(25)20-11-9-15-28-17-20)32-24(29)16-19-10-7-8-12-21(19)30-4/h7-12,15,17,22-23,25-26H,13-14,16,18H2,1-6H3/t22?,23-,25+,26+/m1/s1. The zero-order valence-electron chi connectivity index (χ0n) is 21.2. The lowest BCUT2D eigenvalue weighted by molar-refractivity contribution is -0.151. The number of esters is 1. The Labute approximate surface area is 205 Å². The molecule has 0 amide bonds. The highest BCUT2D eigenvalue weighted by Crippen LogP contribution is 2.42. The number of carbonyl (C=O) groups excluding carboxylic acids is 1. The minimum atomic E-state index is -0.978. The Morgan fingerprint density at radius 2 is 1.97 bits per heavy atom. The van der Waals surface area contributed by atoms with Crippen LogP contribution in [0.3, 0.4) is 0 Å². The molecule has 1 radical (unpaired) electrons. The van der Waals surface area contributed by atoms with Gasteiger partial charge < -0.3 is 18.6 Å². The van der Waals surface area contributed by atoms with Crippen molar-refractivity contribution in [3.05, 3.63) is 59.9 Å². The fourth-order valence-corrected chi connectivity index (χ4v) is 5.33. The number of para-hydroxylation sites is 1. The summed E-state index contributed by atoms with van der Waals surface area (Å²) in [5.41, 5.74) is 1.97. The van der Waals surface area contributed by atoms with Gasteiger partial charge in [0.05, 0.1) is 38.3 Å². The summed E-state index contributed by atoms with van der Waals surface area (Å²) in [4.78, 5) is 17.3. The van der Waals surface area contributed by atoms with Gasteiger partial charge >= 0.3 is 5.97 Å². The zero-order valence-corrected chi connectivity index (χ0v) is 22.2. The molecule has 1 saturated heterocycles. The summed E-state index contributed by atoms with van der Waals surface area (Å²) >= 11 is 0. The second-order valence-electron chi connectivity index (χ2n) is 10.3. The summed E-state index contributed by atoms with van der Waals surface area (Å²) in [5.74, 6) is 0.290. The fourth-order valence-electron chi connectivity index (χ4n) is 4.45. The van der Waals surface area contributed by atoms with Gasteiger partial charge in [0.2, 0.25) is 9.04 Å². The van der Waals surface area contributed by atoms with Gasteiger partial charge in [-0.15, -0.1) is 0 Å². The number of rotatable bonds is 10. The number of hydrogen-bond donors (Lipinski definition) is 0. The van der Waals surface area contributed by atoms with Gasteiger partial charge in [0.25, 0.3) is 0 Å². The van der Waals surface area contributed by atoms with Crippen LogP contribution in [0.5, 0.6) is 5.75 Å². The molecule has 1 aromatic carbocycles. The molecule has 2 aromatic rings. The van der Waals surface area contributed by atoms with Crippen LogP contribution in [0, 0.1) is 11.3 Å². The fraction of sp³-hybridized carbons (Fsp3) is 0.556. The second-order valence-corrected chi connectivity index (χ2v) is 12.4. The number of benzene rings is 1. The molecule has 1 aliphatic heterocycles. The van der Waals surface area contributed by atoms with E-state index in [4.69, 9.17) is 18.6 Å². The largest absolute Gasteiger partial charge is 0.496 e. The molecule has 1 unspecified atom stereocenters. The van der Waals surface area contributed by atoms with Gasteiger partial charge in [-0.2, -0.15) is 0 Å². The molecule has 0 bridgehead atoms. The van der Waals surface area contributed by atoms with E-state index >= 15 is 0 Å². The molecular formula is C27H38NO5Si. The molecule has 0 spiro atoms. The van der Waals surface area contributed by atoms with E-state index < -0.39 is 15.1 Å². The number of nitrogens with zero attached hydrogens (tertiary/aromatic N) is 1. The molecular weight excluding hydrogens is 446 g/mol. The summed E-state index contributed by atoms with van der Waals surface area (Å²) in [6, 6.07) is 11.5. The van der Waals surface area contributed by atoms with Crippen molar-refractivity contribution in [2.75, 3.05) is 13.7 Å². The van der Waals surface area contributed by atoms with Gasteiger partial charge in [0.15, 0.2) is 0 Å². The van der Waals surface area contributed by atoms with E-state index in [0.717, 1.165) is 24.0 Å². The molecule has 0 aliphatic carbocycles. The maximum absolute atomic E-state index is 13.0. The molecule has 1 aliphatic rings. The summed E-state index contributed by atoms with van der Waals surface area (Å²) in [6.45, 7) is 11.3. The van der Waals surface area contributed by atoms with Crippen LogP contribution in [-0.4, -0.2) is 45.9 Å². The number of hydrogen-bond acceptors (Lipinski definition) is 6. The lowest BCUT2D eigenvalue weighted by atomic mass is 9.82. The van der Waals surface area contributed by atoms with E-state index in [2.05, 4.69) is 38.8 Å². The zero-order chi connectivity index (χ0) is 24.7. The van der Waals surface area contributed by atoms with Crippen molar-refractivity contribution in [2.45, 2.75) is 71.4 Å². The number of methoxy groups -OCH3 is 1. The molecule has 6 nitrogen and oxygen atoms in total. The first-order chi connectivity index (χ1) is 16.2. The Kier molecular flexibility index (Phi) is 9.28. The van der Waals surface area contributed by atoms with E-state index in [1.165, 1.54) is 0 Å². The SMILES string of the molecule is COc1ccccc1CC(=O)O[C@@H]1CO[C@@H](c2cccnc2)[C@H]1C(CCC(C)(C)C)O[Si](C)C. The van der Waals surface area contributed by atoms with Crippen molar-refractivity contribution in [1.29, 1.82) is 0 Å². The second kappa shape index (κ2) is 12.0. The highest BCUT2D eigenvalue weighted by Gasteiger charge is 2.46.